The summed E-state index contributed by atoms with van der Waals surface area (Å²) >= 11 is 0. The summed E-state index contributed by atoms with van der Waals surface area (Å²) in [4.78, 5) is 13.4. The minimum absolute atomic E-state index is 0.0150. The zero-order valence-electron chi connectivity index (χ0n) is 7.70. The SMILES string of the molecule is O=C([C@H]1CCCCN1)N1CC(O)C1. The Kier molecular flexibility index (Phi) is 2.51. The van der Waals surface area contributed by atoms with Crippen molar-refractivity contribution in [2.75, 3.05) is 19.6 Å². The number of nitrogens with zero attached hydrogens (tertiary/aromatic N) is 1. The zero-order chi connectivity index (χ0) is 9.26. The van der Waals surface area contributed by atoms with Crippen molar-refractivity contribution < 1.29 is 9.90 Å². The largest absolute Gasteiger partial charge is 0.389 e. The van der Waals surface area contributed by atoms with Crippen LogP contribution in [0.3, 0.4) is 0 Å². The number of nitrogens with one attached hydrogen (secondary N) is 1. The zero-order valence-corrected chi connectivity index (χ0v) is 7.70. The molecule has 4 heteroatoms. The van der Waals surface area contributed by atoms with Crippen molar-refractivity contribution in [3.63, 3.8) is 0 Å². The summed E-state index contributed by atoms with van der Waals surface area (Å²) in [6, 6.07) is 0.0150. The fourth-order valence-electron chi connectivity index (χ4n) is 1.92. The van der Waals surface area contributed by atoms with Gasteiger partial charge in [-0.1, -0.05) is 6.42 Å². The lowest BCUT2D eigenvalue weighted by Crippen LogP contribution is -2.59. The standard InChI is InChI=1S/C9H16N2O2/c12-7-5-11(6-7)9(13)8-3-1-2-4-10-8/h7-8,10,12H,1-6H2/t8-/m1/s1. The lowest BCUT2D eigenvalue weighted by Gasteiger charge is -2.39. The molecule has 1 amide bonds. The summed E-state index contributed by atoms with van der Waals surface area (Å²) in [5, 5.41) is 12.3. The Hall–Kier alpha value is -0.610. The first-order valence-electron chi connectivity index (χ1n) is 4.97. The molecule has 0 aromatic heterocycles. The van der Waals surface area contributed by atoms with E-state index in [1.54, 1.807) is 4.90 Å². The highest BCUT2D eigenvalue weighted by Crippen LogP contribution is 2.14. The Bertz CT molecular complexity index is 196. The summed E-state index contributed by atoms with van der Waals surface area (Å²) < 4.78 is 0. The molecule has 74 valence electrons. The van der Waals surface area contributed by atoms with Gasteiger partial charge in [-0.05, 0) is 19.4 Å². The Balaban J connectivity index is 1.82. The van der Waals surface area contributed by atoms with Crippen LogP contribution < -0.4 is 5.32 Å². The molecule has 0 unspecified atom stereocenters. The van der Waals surface area contributed by atoms with Crippen LogP contribution in [-0.4, -0.2) is 47.7 Å². The number of carbonyl (C=O) groups is 1. The van der Waals surface area contributed by atoms with Crippen molar-refractivity contribution in [2.45, 2.75) is 31.4 Å². The van der Waals surface area contributed by atoms with E-state index in [9.17, 15) is 4.79 Å². The number of hydrogen-bond acceptors (Lipinski definition) is 3. The molecule has 2 aliphatic heterocycles. The Labute approximate surface area is 77.9 Å². The van der Waals surface area contributed by atoms with Gasteiger partial charge in [0, 0.05) is 13.1 Å². The summed E-state index contributed by atoms with van der Waals surface area (Å²) in [6.07, 6.45) is 2.98. The first-order chi connectivity index (χ1) is 6.27. The molecule has 1 atom stereocenters. The number of likely N-dealkylation sites (tertiary alicyclic amines) is 1. The van der Waals surface area contributed by atoms with Crippen molar-refractivity contribution in [1.82, 2.24) is 10.2 Å². The van der Waals surface area contributed by atoms with E-state index in [-0.39, 0.29) is 18.1 Å². The van der Waals surface area contributed by atoms with Gasteiger partial charge in [0.15, 0.2) is 0 Å². The number of aliphatic hydroxyl groups excluding tert-OH is 1. The average molecular weight is 184 g/mol. The average Bonchev–Trinajstić information content (AvgIpc) is 2.13. The van der Waals surface area contributed by atoms with Crippen LogP contribution in [0.1, 0.15) is 19.3 Å². The number of piperidine rings is 1. The Morgan fingerprint density at radius 3 is 2.69 bits per heavy atom. The van der Waals surface area contributed by atoms with Gasteiger partial charge in [-0.15, -0.1) is 0 Å². The molecular formula is C9H16N2O2. The molecule has 0 aromatic carbocycles. The molecule has 13 heavy (non-hydrogen) atoms. The van der Waals surface area contributed by atoms with Crippen LogP contribution >= 0.6 is 0 Å². The molecule has 0 spiro atoms. The molecule has 2 heterocycles. The molecule has 0 radical (unpaired) electrons. The molecule has 2 N–H and O–H groups in total. The van der Waals surface area contributed by atoms with Crippen molar-refractivity contribution in [1.29, 1.82) is 0 Å². The van der Waals surface area contributed by atoms with Crippen LogP contribution in [0.15, 0.2) is 0 Å². The fraction of sp³-hybridized carbons (Fsp3) is 0.889. The Morgan fingerprint density at radius 2 is 2.15 bits per heavy atom. The van der Waals surface area contributed by atoms with E-state index >= 15 is 0 Å². The monoisotopic (exact) mass is 184 g/mol. The molecule has 0 aliphatic carbocycles. The third-order valence-corrected chi connectivity index (χ3v) is 2.78. The molecular weight excluding hydrogens is 168 g/mol. The predicted molar refractivity (Wildman–Crippen MR) is 48.2 cm³/mol. The normalized spacial score (nSPS) is 29.9. The van der Waals surface area contributed by atoms with Crippen molar-refractivity contribution >= 4 is 5.91 Å². The van der Waals surface area contributed by atoms with Gasteiger partial charge in [0.05, 0.1) is 12.1 Å². The van der Waals surface area contributed by atoms with Gasteiger partial charge in [-0.25, -0.2) is 0 Å². The van der Waals surface area contributed by atoms with Crippen LogP contribution in [-0.2, 0) is 4.79 Å². The van der Waals surface area contributed by atoms with Gasteiger partial charge in [-0.2, -0.15) is 0 Å². The molecule has 2 fully saturated rings. The number of carbonyl (C=O) groups excluding carboxylic acids is 1. The second-order valence-corrected chi connectivity index (χ2v) is 3.90. The van der Waals surface area contributed by atoms with E-state index in [0.29, 0.717) is 13.1 Å². The highest BCUT2D eigenvalue weighted by Gasteiger charge is 2.33. The van der Waals surface area contributed by atoms with E-state index in [1.165, 1.54) is 6.42 Å². The van der Waals surface area contributed by atoms with Gasteiger partial charge in [0.2, 0.25) is 5.91 Å². The first-order valence-corrected chi connectivity index (χ1v) is 4.97. The fourth-order valence-corrected chi connectivity index (χ4v) is 1.92. The maximum Gasteiger partial charge on any atom is 0.239 e. The third-order valence-electron chi connectivity index (χ3n) is 2.78. The predicted octanol–water partition coefficient (Wildman–Crippen LogP) is -0.668. The second-order valence-electron chi connectivity index (χ2n) is 3.90. The summed E-state index contributed by atoms with van der Waals surface area (Å²) in [7, 11) is 0. The maximum absolute atomic E-state index is 11.7. The van der Waals surface area contributed by atoms with Crippen LogP contribution in [0, 0.1) is 0 Å². The minimum Gasteiger partial charge on any atom is -0.389 e. The van der Waals surface area contributed by atoms with Crippen molar-refractivity contribution in [3.8, 4) is 0 Å². The van der Waals surface area contributed by atoms with Crippen LogP contribution in [0.4, 0.5) is 0 Å². The van der Waals surface area contributed by atoms with Gasteiger partial charge < -0.3 is 15.3 Å². The topological polar surface area (TPSA) is 52.6 Å². The molecule has 0 saturated carbocycles. The maximum atomic E-state index is 11.7. The smallest absolute Gasteiger partial charge is 0.239 e. The quantitative estimate of drug-likeness (QED) is 0.568. The second kappa shape index (κ2) is 3.64. The van der Waals surface area contributed by atoms with E-state index in [4.69, 9.17) is 5.11 Å². The molecule has 0 aromatic rings. The molecule has 2 saturated heterocycles. The number of β-amino-alcohol motifs (C(OH)–C–C–N with tert-alkyl or cyclic N) is 1. The van der Waals surface area contributed by atoms with E-state index in [2.05, 4.69) is 5.32 Å². The lowest BCUT2D eigenvalue weighted by molar-refractivity contribution is -0.144. The Morgan fingerprint density at radius 1 is 1.38 bits per heavy atom. The first kappa shape index (κ1) is 8.97. The summed E-state index contributed by atoms with van der Waals surface area (Å²) in [5.41, 5.74) is 0. The van der Waals surface area contributed by atoms with Gasteiger partial charge in [0.25, 0.3) is 0 Å². The van der Waals surface area contributed by atoms with Crippen LogP contribution in [0.2, 0.25) is 0 Å². The molecule has 0 bridgehead atoms. The van der Waals surface area contributed by atoms with Crippen molar-refractivity contribution in [3.05, 3.63) is 0 Å². The highest BCUT2D eigenvalue weighted by atomic mass is 16.3. The highest BCUT2D eigenvalue weighted by molar-refractivity contribution is 5.82. The molecule has 2 aliphatic rings. The molecule has 2 rings (SSSR count). The minimum atomic E-state index is -0.285. The third kappa shape index (κ3) is 1.84. The number of aliphatic hydroxyl groups is 1. The van der Waals surface area contributed by atoms with Gasteiger partial charge >= 0.3 is 0 Å². The lowest BCUT2D eigenvalue weighted by atomic mass is 10.0. The van der Waals surface area contributed by atoms with Gasteiger partial charge in [-0.3, -0.25) is 4.79 Å². The number of hydrogen-bond donors (Lipinski definition) is 2. The van der Waals surface area contributed by atoms with E-state index in [1.807, 2.05) is 0 Å². The van der Waals surface area contributed by atoms with Crippen LogP contribution in [0.5, 0.6) is 0 Å². The summed E-state index contributed by atoms with van der Waals surface area (Å²) in [6.45, 7) is 2.00. The number of rotatable bonds is 1. The van der Waals surface area contributed by atoms with Gasteiger partial charge in [0.1, 0.15) is 0 Å². The van der Waals surface area contributed by atoms with Crippen molar-refractivity contribution in [2.24, 2.45) is 0 Å². The molecule has 4 nitrogen and oxygen atoms in total. The van der Waals surface area contributed by atoms with E-state index < -0.39 is 0 Å². The number of amides is 1. The summed E-state index contributed by atoms with van der Waals surface area (Å²) in [5.74, 6) is 0.171. The van der Waals surface area contributed by atoms with Crippen LogP contribution in [0.25, 0.3) is 0 Å². The van der Waals surface area contributed by atoms with E-state index in [0.717, 1.165) is 19.4 Å².